The van der Waals surface area contributed by atoms with Crippen molar-refractivity contribution in [1.29, 1.82) is 0 Å². The van der Waals surface area contributed by atoms with E-state index in [1.165, 1.54) is 31.2 Å². The lowest BCUT2D eigenvalue weighted by Gasteiger charge is -2.31. The summed E-state index contributed by atoms with van der Waals surface area (Å²) < 4.78 is 0. The highest BCUT2D eigenvalue weighted by Crippen LogP contribution is 2.66. The van der Waals surface area contributed by atoms with Gasteiger partial charge in [0.25, 0.3) is 0 Å². The van der Waals surface area contributed by atoms with Gasteiger partial charge in [-0.3, -0.25) is 0 Å². The monoisotopic (exact) mass is 248 g/mol. The molecule has 0 heterocycles. The van der Waals surface area contributed by atoms with Crippen molar-refractivity contribution in [2.75, 3.05) is 0 Å². The van der Waals surface area contributed by atoms with Crippen LogP contribution in [0.1, 0.15) is 45.1 Å². The maximum Gasteiger partial charge on any atom is 0.0443 e. The largest absolute Gasteiger partial charge is 0.0840 e. The van der Waals surface area contributed by atoms with Crippen LogP contribution in [0.3, 0.4) is 0 Å². The fourth-order valence-corrected chi connectivity index (χ4v) is 4.47. The molecule has 0 amide bonds. The van der Waals surface area contributed by atoms with Gasteiger partial charge in [-0.15, -0.1) is 0 Å². The first-order chi connectivity index (χ1) is 8.15. The van der Waals surface area contributed by atoms with E-state index in [0.29, 0.717) is 5.41 Å². The minimum absolute atomic E-state index is 0.450. The molecular weight excluding hydrogens is 228 g/mol. The van der Waals surface area contributed by atoms with Crippen LogP contribution in [0.15, 0.2) is 24.3 Å². The molecule has 0 N–H and O–H groups in total. The van der Waals surface area contributed by atoms with Gasteiger partial charge in [0.05, 0.1) is 0 Å². The van der Waals surface area contributed by atoms with Crippen LogP contribution in [0.2, 0.25) is 5.02 Å². The zero-order chi connectivity index (χ0) is 12.0. The maximum atomic E-state index is 6.40. The molecular formula is C16H21Cl. The fourth-order valence-electron chi connectivity index (χ4n) is 4.14. The Labute approximate surface area is 109 Å². The molecule has 2 fully saturated rings. The summed E-state index contributed by atoms with van der Waals surface area (Å²) in [5, 5.41) is 0.986. The van der Waals surface area contributed by atoms with E-state index in [-0.39, 0.29) is 0 Å². The van der Waals surface area contributed by atoms with Gasteiger partial charge in [0.15, 0.2) is 0 Å². The molecule has 1 aromatic carbocycles. The molecule has 3 rings (SSSR count). The summed E-state index contributed by atoms with van der Waals surface area (Å²) in [6, 6.07) is 8.50. The maximum absolute atomic E-state index is 6.40. The lowest BCUT2D eigenvalue weighted by Crippen LogP contribution is -2.24. The smallest absolute Gasteiger partial charge is 0.0443 e. The van der Waals surface area contributed by atoms with Crippen LogP contribution < -0.4 is 0 Å². The summed E-state index contributed by atoms with van der Waals surface area (Å²) in [4.78, 5) is 0. The first-order valence-electron chi connectivity index (χ1n) is 6.90. The zero-order valence-corrected chi connectivity index (χ0v) is 11.5. The predicted molar refractivity (Wildman–Crippen MR) is 73.4 cm³/mol. The zero-order valence-electron chi connectivity index (χ0n) is 10.7. The van der Waals surface area contributed by atoms with Gasteiger partial charge in [0.1, 0.15) is 0 Å². The Kier molecular flexibility index (Phi) is 2.74. The average Bonchev–Trinajstić information content (AvgIpc) is 3.04. The van der Waals surface area contributed by atoms with Crippen molar-refractivity contribution in [3.05, 3.63) is 34.9 Å². The molecule has 0 bridgehead atoms. The first-order valence-corrected chi connectivity index (χ1v) is 7.28. The van der Waals surface area contributed by atoms with Gasteiger partial charge in [0, 0.05) is 10.4 Å². The van der Waals surface area contributed by atoms with Crippen LogP contribution in [-0.4, -0.2) is 0 Å². The van der Waals surface area contributed by atoms with E-state index < -0.39 is 0 Å². The molecule has 3 atom stereocenters. The molecule has 2 saturated carbocycles. The molecule has 0 aromatic heterocycles. The van der Waals surface area contributed by atoms with Gasteiger partial charge < -0.3 is 0 Å². The average molecular weight is 249 g/mol. The van der Waals surface area contributed by atoms with Gasteiger partial charge in [-0.1, -0.05) is 50.1 Å². The second-order valence-electron chi connectivity index (χ2n) is 6.25. The second kappa shape index (κ2) is 4.02. The van der Waals surface area contributed by atoms with Crippen molar-refractivity contribution in [2.24, 2.45) is 17.8 Å². The van der Waals surface area contributed by atoms with Crippen molar-refractivity contribution in [3.8, 4) is 0 Å². The summed E-state index contributed by atoms with van der Waals surface area (Å²) in [6.45, 7) is 4.76. The number of fused-ring (bicyclic) bond motifs is 1. The van der Waals surface area contributed by atoms with E-state index in [9.17, 15) is 0 Å². The molecule has 0 aliphatic heterocycles. The molecule has 0 saturated heterocycles. The summed E-state index contributed by atoms with van der Waals surface area (Å²) in [5.41, 5.74) is 1.88. The third kappa shape index (κ3) is 1.73. The summed E-state index contributed by atoms with van der Waals surface area (Å²) >= 11 is 6.40. The van der Waals surface area contributed by atoms with E-state index in [1.54, 1.807) is 0 Å². The molecule has 0 spiro atoms. The number of benzene rings is 1. The van der Waals surface area contributed by atoms with Gasteiger partial charge in [-0.2, -0.15) is 0 Å². The molecule has 17 heavy (non-hydrogen) atoms. The SMILES string of the molecule is CC(C)[C@@H]1CCC[C@@]2(c3ccccc3Cl)CC12. The fraction of sp³-hybridized carbons (Fsp3) is 0.625. The minimum Gasteiger partial charge on any atom is -0.0840 e. The minimum atomic E-state index is 0.450. The molecule has 2 aliphatic rings. The van der Waals surface area contributed by atoms with E-state index >= 15 is 0 Å². The van der Waals surface area contributed by atoms with Gasteiger partial charge >= 0.3 is 0 Å². The Hall–Kier alpha value is -0.490. The van der Waals surface area contributed by atoms with Gasteiger partial charge in [-0.25, -0.2) is 0 Å². The number of hydrogen-bond donors (Lipinski definition) is 0. The van der Waals surface area contributed by atoms with Crippen LogP contribution in [0, 0.1) is 17.8 Å². The van der Waals surface area contributed by atoms with Gasteiger partial charge in [-0.05, 0) is 48.6 Å². The summed E-state index contributed by atoms with van der Waals surface area (Å²) in [6.07, 6.45) is 5.53. The Morgan fingerprint density at radius 1 is 1.29 bits per heavy atom. The van der Waals surface area contributed by atoms with Gasteiger partial charge in [0.2, 0.25) is 0 Å². The molecule has 2 aliphatic carbocycles. The molecule has 92 valence electrons. The van der Waals surface area contributed by atoms with Crippen LogP contribution in [0.4, 0.5) is 0 Å². The third-order valence-electron chi connectivity index (χ3n) is 5.08. The molecule has 0 radical (unpaired) electrons. The highest BCUT2D eigenvalue weighted by atomic mass is 35.5. The Morgan fingerprint density at radius 3 is 2.76 bits per heavy atom. The first kappa shape index (κ1) is 11.6. The molecule has 0 nitrogen and oxygen atoms in total. The molecule has 1 unspecified atom stereocenters. The number of rotatable bonds is 2. The van der Waals surface area contributed by atoms with Crippen molar-refractivity contribution in [1.82, 2.24) is 0 Å². The summed E-state index contributed by atoms with van der Waals surface area (Å²) in [7, 11) is 0. The lowest BCUT2D eigenvalue weighted by atomic mass is 9.74. The summed E-state index contributed by atoms with van der Waals surface area (Å²) in [5.74, 6) is 2.64. The molecule has 1 aromatic rings. The Morgan fingerprint density at radius 2 is 2.06 bits per heavy atom. The Balaban J connectivity index is 1.93. The quantitative estimate of drug-likeness (QED) is 0.687. The van der Waals surface area contributed by atoms with Crippen molar-refractivity contribution >= 4 is 11.6 Å². The van der Waals surface area contributed by atoms with Crippen LogP contribution >= 0.6 is 11.6 Å². The van der Waals surface area contributed by atoms with Crippen molar-refractivity contribution in [3.63, 3.8) is 0 Å². The number of halogens is 1. The van der Waals surface area contributed by atoms with E-state index in [4.69, 9.17) is 11.6 Å². The third-order valence-corrected chi connectivity index (χ3v) is 5.41. The van der Waals surface area contributed by atoms with E-state index in [2.05, 4.69) is 32.0 Å². The van der Waals surface area contributed by atoms with Crippen LogP contribution in [0.25, 0.3) is 0 Å². The van der Waals surface area contributed by atoms with Crippen LogP contribution in [0.5, 0.6) is 0 Å². The van der Waals surface area contributed by atoms with Crippen molar-refractivity contribution < 1.29 is 0 Å². The van der Waals surface area contributed by atoms with Crippen molar-refractivity contribution in [2.45, 2.75) is 44.9 Å². The lowest BCUT2D eigenvalue weighted by molar-refractivity contribution is 0.242. The number of hydrogen-bond acceptors (Lipinski definition) is 0. The van der Waals surface area contributed by atoms with Crippen LogP contribution in [-0.2, 0) is 5.41 Å². The predicted octanol–water partition coefficient (Wildman–Crippen LogP) is 5.05. The highest BCUT2D eigenvalue weighted by Gasteiger charge is 2.60. The van der Waals surface area contributed by atoms with E-state index in [0.717, 1.165) is 22.8 Å². The molecule has 1 heteroatoms. The standard InChI is InChI=1S/C16H21Cl/c1-11(2)12-6-5-9-16(10-14(12)16)13-7-3-4-8-15(13)17/h3-4,7-8,11-12,14H,5-6,9-10H2,1-2H3/t12-,14?,16-/m0/s1. The second-order valence-corrected chi connectivity index (χ2v) is 6.65. The van der Waals surface area contributed by atoms with E-state index in [1.807, 2.05) is 6.07 Å². The topological polar surface area (TPSA) is 0 Å². The Bertz CT molecular complexity index is 423. The highest BCUT2D eigenvalue weighted by molar-refractivity contribution is 6.31. The normalized spacial score (nSPS) is 35.8.